The molecule has 3 rings (SSSR count). The first kappa shape index (κ1) is 17.0. The van der Waals surface area contributed by atoms with Crippen molar-refractivity contribution < 1.29 is 14.7 Å². The van der Waals surface area contributed by atoms with Crippen molar-refractivity contribution in [1.82, 2.24) is 5.32 Å². The predicted molar refractivity (Wildman–Crippen MR) is 92.5 cm³/mol. The number of nitrogens with one attached hydrogen (secondary N) is 1. The first-order valence-electron chi connectivity index (χ1n) is 9.14. The van der Waals surface area contributed by atoms with Crippen molar-refractivity contribution in [3.63, 3.8) is 0 Å². The highest BCUT2D eigenvalue weighted by atomic mass is 16.4. The standard InChI is InChI=1S/C20H27NO3/c22-18(23)8-4-5-11-21-19(24)20(13-15-6-2-1-3-7-15)14-16-9-10-17(20)12-16/h1-3,6-7,16-17H,4-5,8-14H2,(H,21,24)(H,22,23). The lowest BCUT2D eigenvalue weighted by atomic mass is 9.68. The average molecular weight is 329 g/mol. The van der Waals surface area contributed by atoms with Gasteiger partial charge in [-0.05, 0) is 55.9 Å². The minimum absolute atomic E-state index is 0.176. The molecule has 0 radical (unpaired) electrons. The van der Waals surface area contributed by atoms with Gasteiger partial charge >= 0.3 is 5.97 Å². The van der Waals surface area contributed by atoms with E-state index in [0.29, 0.717) is 24.8 Å². The van der Waals surface area contributed by atoms with Crippen LogP contribution in [0.2, 0.25) is 0 Å². The predicted octanol–water partition coefficient (Wildman–Crippen LogP) is 3.41. The maximum atomic E-state index is 13.0. The van der Waals surface area contributed by atoms with Crippen molar-refractivity contribution in [2.24, 2.45) is 17.3 Å². The Balaban J connectivity index is 1.62. The number of amides is 1. The van der Waals surface area contributed by atoms with Gasteiger partial charge in [-0.2, -0.15) is 0 Å². The van der Waals surface area contributed by atoms with Crippen LogP contribution in [0.25, 0.3) is 0 Å². The molecule has 24 heavy (non-hydrogen) atoms. The summed E-state index contributed by atoms with van der Waals surface area (Å²) in [4.78, 5) is 23.6. The maximum absolute atomic E-state index is 13.0. The number of carboxylic acids is 1. The molecule has 1 aromatic carbocycles. The molecule has 0 aromatic heterocycles. The van der Waals surface area contributed by atoms with E-state index in [4.69, 9.17) is 5.11 Å². The van der Waals surface area contributed by atoms with Crippen LogP contribution < -0.4 is 5.32 Å². The smallest absolute Gasteiger partial charge is 0.303 e. The summed E-state index contributed by atoms with van der Waals surface area (Å²) in [5.74, 6) is 0.627. The molecule has 0 heterocycles. The minimum atomic E-state index is -0.769. The summed E-state index contributed by atoms with van der Waals surface area (Å²) in [6, 6.07) is 10.3. The monoisotopic (exact) mass is 329 g/mol. The highest BCUT2D eigenvalue weighted by molar-refractivity contribution is 5.84. The molecule has 1 amide bonds. The van der Waals surface area contributed by atoms with E-state index in [-0.39, 0.29) is 17.7 Å². The van der Waals surface area contributed by atoms with Gasteiger partial charge in [0, 0.05) is 13.0 Å². The summed E-state index contributed by atoms with van der Waals surface area (Å²) < 4.78 is 0. The van der Waals surface area contributed by atoms with E-state index in [0.717, 1.165) is 19.3 Å². The number of benzene rings is 1. The summed E-state index contributed by atoms with van der Waals surface area (Å²) in [5.41, 5.74) is 0.989. The van der Waals surface area contributed by atoms with Crippen LogP contribution in [0.4, 0.5) is 0 Å². The molecule has 3 atom stereocenters. The van der Waals surface area contributed by atoms with Gasteiger partial charge in [0.2, 0.25) is 5.91 Å². The van der Waals surface area contributed by atoms with E-state index in [1.807, 2.05) is 18.2 Å². The van der Waals surface area contributed by atoms with Gasteiger partial charge in [0.05, 0.1) is 5.41 Å². The third kappa shape index (κ3) is 3.63. The molecule has 4 heteroatoms. The largest absolute Gasteiger partial charge is 0.481 e. The zero-order chi connectivity index (χ0) is 17.0. The Hall–Kier alpha value is -1.84. The number of hydrogen-bond acceptors (Lipinski definition) is 2. The SMILES string of the molecule is O=C(O)CCCCNC(=O)C1(Cc2ccccc2)CC2CCC1C2. The van der Waals surface area contributed by atoms with Gasteiger partial charge in [-0.15, -0.1) is 0 Å². The Kier molecular flexibility index (Phi) is 5.22. The fraction of sp³-hybridized carbons (Fsp3) is 0.600. The second-order valence-electron chi connectivity index (χ2n) is 7.51. The third-order valence-corrected chi connectivity index (χ3v) is 5.89. The van der Waals surface area contributed by atoms with Gasteiger partial charge in [-0.25, -0.2) is 0 Å². The fourth-order valence-electron chi connectivity index (χ4n) is 4.76. The van der Waals surface area contributed by atoms with Gasteiger partial charge in [-0.3, -0.25) is 9.59 Å². The van der Waals surface area contributed by atoms with Crippen LogP contribution >= 0.6 is 0 Å². The summed E-state index contributed by atoms with van der Waals surface area (Å²) in [7, 11) is 0. The molecule has 0 saturated heterocycles. The lowest BCUT2D eigenvalue weighted by Gasteiger charge is -2.36. The highest BCUT2D eigenvalue weighted by Crippen LogP contribution is 2.57. The molecule has 3 unspecified atom stereocenters. The first-order valence-corrected chi connectivity index (χ1v) is 9.14. The number of carbonyl (C=O) groups excluding carboxylic acids is 1. The minimum Gasteiger partial charge on any atom is -0.481 e. The lowest BCUT2D eigenvalue weighted by molar-refractivity contribution is -0.137. The van der Waals surface area contributed by atoms with Crippen LogP contribution in [0.15, 0.2) is 30.3 Å². The number of carbonyl (C=O) groups is 2. The van der Waals surface area contributed by atoms with Crippen LogP contribution in [-0.4, -0.2) is 23.5 Å². The number of unbranched alkanes of at least 4 members (excludes halogenated alkanes) is 1. The molecule has 4 nitrogen and oxygen atoms in total. The molecular formula is C20H27NO3. The molecule has 0 spiro atoms. The van der Waals surface area contributed by atoms with Crippen LogP contribution in [0.5, 0.6) is 0 Å². The number of carboxylic acid groups (broad SMARTS) is 1. The first-order chi connectivity index (χ1) is 11.6. The fourth-order valence-corrected chi connectivity index (χ4v) is 4.76. The van der Waals surface area contributed by atoms with Crippen LogP contribution in [0.3, 0.4) is 0 Å². The van der Waals surface area contributed by atoms with Crippen LogP contribution in [0.1, 0.15) is 50.5 Å². The molecule has 130 valence electrons. The molecule has 2 aliphatic rings. The number of rotatable bonds is 8. The molecule has 2 N–H and O–H groups in total. The maximum Gasteiger partial charge on any atom is 0.303 e. The molecular weight excluding hydrogens is 302 g/mol. The molecule has 2 bridgehead atoms. The zero-order valence-corrected chi connectivity index (χ0v) is 14.2. The van der Waals surface area contributed by atoms with E-state index >= 15 is 0 Å². The summed E-state index contributed by atoms with van der Waals surface area (Å²) >= 11 is 0. The zero-order valence-electron chi connectivity index (χ0n) is 14.2. The number of hydrogen-bond donors (Lipinski definition) is 2. The van der Waals surface area contributed by atoms with Crippen LogP contribution in [-0.2, 0) is 16.0 Å². The summed E-state index contributed by atoms with van der Waals surface area (Å²) in [5, 5.41) is 11.8. The Morgan fingerprint density at radius 3 is 2.58 bits per heavy atom. The lowest BCUT2D eigenvalue weighted by Crippen LogP contribution is -2.46. The Bertz CT molecular complexity index is 586. The third-order valence-electron chi connectivity index (χ3n) is 5.89. The van der Waals surface area contributed by atoms with E-state index in [9.17, 15) is 9.59 Å². The Morgan fingerprint density at radius 1 is 1.17 bits per heavy atom. The summed E-state index contributed by atoms with van der Waals surface area (Å²) in [6.45, 7) is 0.583. The average Bonchev–Trinajstić information content (AvgIpc) is 3.16. The second kappa shape index (κ2) is 7.37. The van der Waals surface area contributed by atoms with E-state index in [2.05, 4.69) is 17.4 Å². The van der Waals surface area contributed by atoms with Crippen molar-refractivity contribution in [2.45, 2.75) is 51.4 Å². The highest BCUT2D eigenvalue weighted by Gasteiger charge is 2.55. The van der Waals surface area contributed by atoms with E-state index < -0.39 is 5.97 Å². The van der Waals surface area contributed by atoms with Gasteiger partial charge in [0.1, 0.15) is 0 Å². The van der Waals surface area contributed by atoms with Gasteiger partial charge in [-0.1, -0.05) is 36.8 Å². The number of fused-ring (bicyclic) bond motifs is 2. The van der Waals surface area contributed by atoms with Gasteiger partial charge < -0.3 is 10.4 Å². The second-order valence-corrected chi connectivity index (χ2v) is 7.51. The van der Waals surface area contributed by atoms with Crippen molar-refractivity contribution >= 4 is 11.9 Å². The van der Waals surface area contributed by atoms with E-state index in [1.165, 1.54) is 24.8 Å². The molecule has 0 aliphatic heterocycles. The summed E-state index contributed by atoms with van der Waals surface area (Å²) in [6.07, 6.45) is 7.00. The van der Waals surface area contributed by atoms with Gasteiger partial charge in [0.25, 0.3) is 0 Å². The topological polar surface area (TPSA) is 66.4 Å². The van der Waals surface area contributed by atoms with Crippen molar-refractivity contribution in [3.05, 3.63) is 35.9 Å². The Morgan fingerprint density at radius 2 is 1.96 bits per heavy atom. The van der Waals surface area contributed by atoms with Gasteiger partial charge in [0.15, 0.2) is 0 Å². The van der Waals surface area contributed by atoms with Crippen LogP contribution in [0, 0.1) is 17.3 Å². The molecule has 2 fully saturated rings. The normalized spacial score (nSPS) is 28.0. The molecule has 2 aliphatic carbocycles. The van der Waals surface area contributed by atoms with Crippen molar-refractivity contribution in [3.8, 4) is 0 Å². The quantitative estimate of drug-likeness (QED) is 0.718. The number of aliphatic carboxylic acids is 1. The molecule has 2 saturated carbocycles. The van der Waals surface area contributed by atoms with Crippen molar-refractivity contribution in [1.29, 1.82) is 0 Å². The molecule has 1 aromatic rings. The Labute approximate surface area is 143 Å². The van der Waals surface area contributed by atoms with Crippen molar-refractivity contribution in [2.75, 3.05) is 6.54 Å². The van der Waals surface area contributed by atoms with E-state index in [1.54, 1.807) is 0 Å².